The number of fused-ring (bicyclic) bond motifs is 1. The number of carbonyl (C=O) groups is 3. The predicted molar refractivity (Wildman–Crippen MR) is 159 cm³/mol. The van der Waals surface area contributed by atoms with E-state index < -0.39 is 28.7 Å². The summed E-state index contributed by atoms with van der Waals surface area (Å²) in [5.41, 5.74) is 2.94. The van der Waals surface area contributed by atoms with Gasteiger partial charge >= 0.3 is 0 Å². The van der Waals surface area contributed by atoms with Crippen molar-refractivity contribution in [1.82, 2.24) is 15.5 Å². The summed E-state index contributed by atoms with van der Waals surface area (Å²) in [5, 5.41) is 16.7. The van der Waals surface area contributed by atoms with Gasteiger partial charge in [0, 0.05) is 18.3 Å². The molecule has 3 heterocycles. The summed E-state index contributed by atoms with van der Waals surface area (Å²) in [6, 6.07) is 27.8. The molecule has 3 saturated heterocycles. The molecular formula is C33H35N3O4S. The van der Waals surface area contributed by atoms with E-state index in [1.54, 1.807) is 16.7 Å². The van der Waals surface area contributed by atoms with Crippen LogP contribution in [0.4, 0.5) is 0 Å². The minimum atomic E-state index is -0.772. The number of benzene rings is 3. The second kappa shape index (κ2) is 11.7. The van der Waals surface area contributed by atoms with Gasteiger partial charge in [0.1, 0.15) is 6.04 Å². The highest BCUT2D eigenvalue weighted by Gasteiger charge is 2.74. The molecule has 6 rings (SSSR count). The quantitative estimate of drug-likeness (QED) is 0.348. The molecule has 2 unspecified atom stereocenters. The highest BCUT2D eigenvalue weighted by atomic mass is 32.2. The number of amides is 3. The number of aliphatic hydroxyl groups excluding tert-OH is 1. The van der Waals surface area contributed by atoms with Crippen LogP contribution in [-0.4, -0.2) is 56.4 Å². The average molecular weight is 570 g/mol. The lowest BCUT2D eigenvalue weighted by Crippen LogP contribution is -2.56. The minimum Gasteiger partial charge on any atom is -0.394 e. The largest absolute Gasteiger partial charge is 0.394 e. The van der Waals surface area contributed by atoms with Crippen LogP contribution in [0.1, 0.15) is 29.5 Å². The number of likely N-dealkylation sites (tertiary alicyclic amines) is 1. The summed E-state index contributed by atoms with van der Waals surface area (Å²) >= 11 is 1.64. The van der Waals surface area contributed by atoms with Crippen LogP contribution in [-0.2, 0) is 33.9 Å². The molecule has 1 spiro atoms. The summed E-state index contributed by atoms with van der Waals surface area (Å²) in [6.07, 6.45) is 1.88. The van der Waals surface area contributed by atoms with E-state index in [9.17, 15) is 19.5 Å². The van der Waals surface area contributed by atoms with E-state index >= 15 is 0 Å². The number of nitrogens with one attached hydrogen (secondary N) is 2. The Morgan fingerprint density at radius 1 is 0.854 bits per heavy atom. The van der Waals surface area contributed by atoms with Gasteiger partial charge in [0.15, 0.2) is 0 Å². The van der Waals surface area contributed by atoms with Crippen molar-refractivity contribution < 1.29 is 19.5 Å². The summed E-state index contributed by atoms with van der Waals surface area (Å²) in [5.74, 6) is -1.70. The molecule has 2 bridgehead atoms. The van der Waals surface area contributed by atoms with Gasteiger partial charge in [-0.3, -0.25) is 14.4 Å². The van der Waals surface area contributed by atoms with E-state index in [2.05, 4.69) is 10.6 Å². The number of nitrogens with zero attached hydrogens (tertiary/aromatic N) is 1. The van der Waals surface area contributed by atoms with Crippen LogP contribution in [0.15, 0.2) is 91.0 Å². The first kappa shape index (κ1) is 27.5. The molecule has 3 fully saturated rings. The molecule has 8 heteroatoms. The van der Waals surface area contributed by atoms with Gasteiger partial charge in [-0.25, -0.2) is 0 Å². The van der Waals surface area contributed by atoms with Crippen molar-refractivity contribution in [2.24, 2.45) is 11.8 Å². The van der Waals surface area contributed by atoms with Gasteiger partial charge < -0.3 is 20.6 Å². The Hall–Kier alpha value is -3.62. The first-order valence-corrected chi connectivity index (χ1v) is 15.2. The monoisotopic (exact) mass is 569 g/mol. The highest BCUT2D eigenvalue weighted by molar-refractivity contribution is 8.02. The number of hydrogen-bond acceptors (Lipinski definition) is 5. The van der Waals surface area contributed by atoms with Crippen LogP contribution in [0, 0.1) is 11.8 Å². The predicted octanol–water partition coefficient (Wildman–Crippen LogP) is 3.31. The number of thioether (sulfide) groups is 1. The van der Waals surface area contributed by atoms with Crippen LogP contribution >= 0.6 is 11.8 Å². The Morgan fingerprint density at radius 2 is 1.39 bits per heavy atom. The van der Waals surface area contributed by atoms with Crippen LogP contribution < -0.4 is 10.6 Å². The van der Waals surface area contributed by atoms with Gasteiger partial charge in [-0.15, -0.1) is 11.8 Å². The van der Waals surface area contributed by atoms with Gasteiger partial charge in [-0.2, -0.15) is 0 Å². The normalized spacial score (nSPS) is 27.0. The van der Waals surface area contributed by atoms with Crippen molar-refractivity contribution in [3.05, 3.63) is 108 Å². The lowest BCUT2D eigenvalue weighted by molar-refractivity contribution is -0.142. The smallest absolute Gasteiger partial charge is 0.244 e. The molecule has 212 valence electrons. The van der Waals surface area contributed by atoms with E-state index in [1.165, 1.54) is 0 Å². The lowest BCUT2D eigenvalue weighted by Gasteiger charge is -2.37. The molecule has 3 amide bonds. The van der Waals surface area contributed by atoms with Crippen LogP contribution in [0.25, 0.3) is 0 Å². The molecule has 3 aliphatic rings. The zero-order chi connectivity index (χ0) is 28.4. The van der Waals surface area contributed by atoms with Crippen molar-refractivity contribution in [2.45, 2.75) is 54.4 Å². The minimum absolute atomic E-state index is 0.0204. The van der Waals surface area contributed by atoms with Crippen molar-refractivity contribution in [3.8, 4) is 0 Å². The molecule has 0 aliphatic carbocycles. The van der Waals surface area contributed by atoms with Crippen molar-refractivity contribution >= 4 is 29.5 Å². The fourth-order valence-electron chi connectivity index (χ4n) is 7.01. The molecule has 0 saturated carbocycles. The van der Waals surface area contributed by atoms with Gasteiger partial charge in [0.25, 0.3) is 0 Å². The molecule has 7 nitrogen and oxygen atoms in total. The Labute approximate surface area is 244 Å². The Morgan fingerprint density at radius 3 is 1.95 bits per heavy atom. The maximum Gasteiger partial charge on any atom is 0.244 e. The molecule has 3 aromatic carbocycles. The molecular weight excluding hydrogens is 534 g/mol. The van der Waals surface area contributed by atoms with E-state index in [4.69, 9.17) is 0 Å². The third-order valence-electron chi connectivity index (χ3n) is 8.83. The number of aliphatic hydroxyl groups is 1. The number of rotatable bonds is 10. The summed E-state index contributed by atoms with van der Waals surface area (Å²) in [7, 11) is 0. The fourth-order valence-corrected chi connectivity index (χ4v) is 9.21. The van der Waals surface area contributed by atoms with E-state index in [1.807, 2.05) is 91.0 Å². The van der Waals surface area contributed by atoms with Gasteiger partial charge in [0.2, 0.25) is 17.7 Å². The molecule has 41 heavy (non-hydrogen) atoms. The molecule has 3 aliphatic heterocycles. The third-order valence-corrected chi connectivity index (χ3v) is 10.8. The summed E-state index contributed by atoms with van der Waals surface area (Å²) < 4.78 is -0.707. The van der Waals surface area contributed by atoms with Crippen molar-refractivity contribution in [3.63, 3.8) is 0 Å². The SMILES string of the molecule is O=C(NCc1ccccc1)C1N([C@@H](CO)Cc2ccccc2)C(=O)[C@@H]2[C@@H](C(=O)NCc3ccccc3)[C@H]3CCC12S3. The first-order valence-electron chi connectivity index (χ1n) is 14.3. The molecule has 0 radical (unpaired) electrons. The van der Waals surface area contributed by atoms with Crippen molar-refractivity contribution in [2.75, 3.05) is 6.61 Å². The van der Waals surface area contributed by atoms with Gasteiger partial charge in [0.05, 0.1) is 29.2 Å². The topological polar surface area (TPSA) is 98.7 Å². The lowest BCUT2D eigenvalue weighted by atomic mass is 9.70. The Bertz CT molecular complexity index is 1390. The molecule has 3 aromatic rings. The molecule has 6 atom stereocenters. The average Bonchev–Trinajstić information content (AvgIpc) is 3.66. The van der Waals surface area contributed by atoms with Crippen LogP contribution in [0.3, 0.4) is 0 Å². The summed E-state index contributed by atoms with van der Waals surface area (Å²) in [4.78, 5) is 43.7. The van der Waals surface area contributed by atoms with E-state index in [0.29, 0.717) is 25.9 Å². The van der Waals surface area contributed by atoms with Crippen molar-refractivity contribution in [1.29, 1.82) is 0 Å². The summed E-state index contributed by atoms with van der Waals surface area (Å²) in [6.45, 7) is 0.459. The van der Waals surface area contributed by atoms with Gasteiger partial charge in [-0.05, 0) is 36.0 Å². The van der Waals surface area contributed by atoms with Crippen LogP contribution in [0.5, 0.6) is 0 Å². The first-order chi connectivity index (χ1) is 20.0. The van der Waals surface area contributed by atoms with E-state index in [-0.39, 0.29) is 29.6 Å². The zero-order valence-corrected chi connectivity index (χ0v) is 23.6. The highest BCUT2D eigenvalue weighted by Crippen LogP contribution is 2.66. The van der Waals surface area contributed by atoms with E-state index in [0.717, 1.165) is 23.1 Å². The number of hydrogen-bond donors (Lipinski definition) is 3. The number of carbonyl (C=O) groups excluding carboxylic acids is 3. The van der Waals surface area contributed by atoms with Crippen LogP contribution in [0.2, 0.25) is 0 Å². The maximum absolute atomic E-state index is 14.4. The Kier molecular flexibility index (Phi) is 7.86. The maximum atomic E-state index is 14.4. The second-order valence-corrected chi connectivity index (χ2v) is 12.8. The third kappa shape index (κ3) is 5.15. The standard InChI is InChI=1S/C33H35N3O4S/c37-21-25(18-22-10-4-1-5-11-22)36-29(31(39)35-20-24-14-8-3-9-15-24)33-17-16-26(41-33)27(28(33)32(36)40)30(38)34-19-23-12-6-2-7-13-23/h1-15,25-29,37H,16-21H2,(H,34,38)(H,35,39)/t25-,26-,27+,28+,29?,33?/m1/s1. The zero-order valence-electron chi connectivity index (χ0n) is 22.8. The fraction of sp³-hybridized carbons (Fsp3) is 0.364. The van der Waals surface area contributed by atoms with Gasteiger partial charge in [-0.1, -0.05) is 91.0 Å². The molecule has 3 N–H and O–H groups in total. The molecule has 0 aromatic heterocycles. The Balaban J connectivity index is 1.30. The second-order valence-electron chi connectivity index (χ2n) is 11.2.